The molecular weight excluding hydrogens is 558 g/mol. The number of carbonyl (C=O) groups excluding carboxylic acids is 2. The predicted molar refractivity (Wildman–Crippen MR) is 170 cm³/mol. The SMILES string of the molecule is Cn1cc(C(=O)N2CCN(Cc3ccc4c(c3)CCO4)CC2)c2cc(-c3ccc4nc(NC(=O)C5CC5)sc4c3)ccc21. The van der Waals surface area contributed by atoms with Gasteiger partial charge in [-0.15, -0.1) is 0 Å². The van der Waals surface area contributed by atoms with Crippen LogP contribution in [0.1, 0.15) is 34.3 Å². The van der Waals surface area contributed by atoms with Crippen LogP contribution in [0.15, 0.2) is 60.8 Å². The Morgan fingerprint density at radius 1 is 1.00 bits per heavy atom. The Labute approximate surface area is 253 Å². The van der Waals surface area contributed by atoms with E-state index in [2.05, 4.69) is 63.7 Å². The molecule has 1 N–H and O–H groups in total. The van der Waals surface area contributed by atoms with E-state index in [9.17, 15) is 9.59 Å². The molecule has 1 aliphatic carbocycles. The number of thiazole rings is 1. The molecule has 5 aromatic rings. The van der Waals surface area contributed by atoms with Crippen molar-refractivity contribution in [2.45, 2.75) is 25.8 Å². The van der Waals surface area contributed by atoms with Gasteiger partial charge in [0.2, 0.25) is 5.91 Å². The molecular formula is C34H33N5O3S. The number of hydrogen-bond donors (Lipinski definition) is 1. The summed E-state index contributed by atoms with van der Waals surface area (Å²) in [6, 6.07) is 19.1. The monoisotopic (exact) mass is 591 g/mol. The van der Waals surface area contributed by atoms with Crippen molar-refractivity contribution in [2.75, 3.05) is 38.1 Å². The summed E-state index contributed by atoms with van der Waals surface area (Å²) in [6.07, 6.45) is 4.89. The molecule has 9 heteroatoms. The van der Waals surface area contributed by atoms with E-state index in [4.69, 9.17) is 4.74 Å². The first-order chi connectivity index (χ1) is 21.0. The Morgan fingerprint density at radius 3 is 2.65 bits per heavy atom. The Morgan fingerprint density at radius 2 is 1.81 bits per heavy atom. The highest BCUT2D eigenvalue weighted by atomic mass is 32.1. The molecule has 0 unspecified atom stereocenters. The minimum Gasteiger partial charge on any atom is -0.493 e. The van der Waals surface area contributed by atoms with E-state index in [0.717, 1.165) is 89.1 Å². The first-order valence-electron chi connectivity index (χ1n) is 15.1. The van der Waals surface area contributed by atoms with Gasteiger partial charge in [0.25, 0.3) is 5.91 Å². The lowest BCUT2D eigenvalue weighted by molar-refractivity contribution is -0.117. The lowest BCUT2D eigenvalue weighted by Crippen LogP contribution is -2.48. The molecule has 4 heterocycles. The van der Waals surface area contributed by atoms with Gasteiger partial charge in [-0.3, -0.25) is 14.5 Å². The number of aromatic nitrogens is 2. The first-order valence-corrected chi connectivity index (χ1v) is 15.9. The lowest BCUT2D eigenvalue weighted by atomic mass is 10.0. The number of aryl methyl sites for hydroxylation is 1. The number of nitrogens with zero attached hydrogens (tertiary/aromatic N) is 4. The Balaban J connectivity index is 0.991. The summed E-state index contributed by atoms with van der Waals surface area (Å²) in [5.74, 6) is 1.32. The number of hydrogen-bond acceptors (Lipinski definition) is 6. The van der Waals surface area contributed by atoms with Gasteiger partial charge >= 0.3 is 0 Å². The number of anilines is 1. The highest BCUT2D eigenvalue weighted by molar-refractivity contribution is 7.22. The van der Waals surface area contributed by atoms with Crippen molar-refractivity contribution in [3.63, 3.8) is 0 Å². The fourth-order valence-electron chi connectivity index (χ4n) is 6.33. The smallest absolute Gasteiger partial charge is 0.256 e. The molecule has 0 radical (unpaired) electrons. The number of amides is 2. The molecule has 1 saturated carbocycles. The van der Waals surface area contributed by atoms with Crippen LogP contribution in [0.5, 0.6) is 5.75 Å². The molecule has 2 aromatic heterocycles. The van der Waals surface area contributed by atoms with Crippen LogP contribution in [0.3, 0.4) is 0 Å². The third kappa shape index (κ3) is 5.06. The van der Waals surface area contributed by atoms with Crippen molar-refractivity contribution in [2.24, 2.45) is 13.0 Å². The summed E-state index contributed by atoms with van der Waals surface area (Å²) in [5, 5.41) is 4.59. The molecule has 3 aliphatic rings. The molecule has 0 atom stereocenters. The van der Waals surface area contributed by atoms with Crippen molar-refractivity contribution in [3.05, 3.63) is 77.5 Å². The van der Waals surface area contributed by atoms with Crippen molar-refractivity contribution in [3.8, 4) is 16.9 Å². The van der Waals surface area contributed by atoms with Gasteiger partial charge in [-0.1, -0.05) is 35.6 Å². The van der Waals surface area contributed by atoms with E-state index in [1.165, 1.54) is 22.5 Å². The molecule has 2 fully saturated rings. The second kappa shape index (κ2) is 10.5. The number of rotatable bonds is 6. The number of fused-ring (bicyclic) bond motifs is 3. The van der Waals surface area contributed by atoms with Crippen molar-refractivity contribution < 1.29 is 14.3 Å². The molecule has 8 rings (SSSR count). The zero-order valence-corrected chi connectivity index (χ0v) is 25.0. The molecule has 43 heavy (non-hydrogen) atoms. The minimum atomic E-state index is 0.0713. The summed E-state index contributed by atoms with van der Waals surface area (Å²) in [5.41, 5.74) is 7.38. The normalized spacial score (nSPS) is 16.9. The Kier molecular flexibility index (Phi) is 6.45. The number of carbonyl (C=O) groups is 2. The van der Waals surface area contributed by atoms with Gasteiger partial charge in [0.1, 0.15) is 5.75 Å². The second-order valence-corrected chi connectivity index (χ2v) is 13.0. The number of ether oxygens (including phenoxy) is 1. The van der Waals surface area contributed by atoms with Crippen LogP contribution in [0, 0.1) is 5.92 Å². The number of benzene rings is 3. The van der Waals surface area contributed by atoms with Gasteiger partial charge in [0.05, 0.1) is 22.4 Å². The van der Waals surface area contributed by atoms with E-state index < -0.39 is 0 Å². The average molecular weight is 592 g/mol. The topological polar surface area (TPSA) is 79.7 Å². The molecule has 0 bridgehead atoms. The quantitative estimate of drug-likeness (QED) is 0.274. The predicted octanol–water partition coefficient (Wildman–Crippen LogP) is 5.70. The maximum Gasteiger partial charge on any atom is 0.256 e. The van der Waals surface area contributed by atoms with Crippen molar-refractivity contribution in [1.82, 2.24) is 19.4 Å². The van der Waals surface area contributed by atoms with E-state index in [0.29, 0.717) is 18.2 Å². The van der Waals surface area contributed by atoms with Crippen LogP contribution in [-0.2, 0) is 24.8 Å². The maximum absolute atomic E-state index is 13.8. The van der Waals surface area contributed by atoms with E-state index >= 15 is 0 Å². The van der Waals surface area contributed by atoms with Gasteiger partial charge in [-0.05, 0) is 65.4 Å². The summed E-state index contributed by atoms with van der Waals surface area (Å²) in [4.78, 5) is 35.1. The molecule has 2 aliphatic heterocycles. The Bertz CT molecular complexity index is 1900. The minimum absolute atomic E-state index is 0.0713. The third-order valence-electron chi connectivity index (χ3n) is 8.94. The fourth-order valence-corrected chi connectivity index (χ4v) is 7.24. The van der Waals surface area contributed by atoms with Crippen LogP contribution in [-0.4, -0.2) is 64.0 Å². The summed E-state index contributed by atoms with van der Waals surface area (Å²) in [6.45, 7) is 4.81. The van der Waals surface area contributed by atoms with Crippen LogP contribution in [0.4, 0.5) is 5.13 Å². The van der Waals surface area contributed by atoms with Gasteiger partial charge in [0, 0.05) is 69.2 Å². The van der Waals surface area contributed by atoms with Gasteiger partial charge in [0.15, 0.2) is 5.13 Å². The molecule has 218 valence electrons. The van der Waals surface area contributed by atoms with Crippen LogP contribution in [0.25, 0.3) is 32.2 Å². The highest BCUT2D eigenvalue weighted by Crippen LogP contribution is 2.35. The van der Waals surface area contributed by atoms with Crippen molar-refractivity contribution >= 4 is 49.4 Å². The fraction of sp³-hybridized carbons (Fsp3) is 0.324. The molecule has 2 amide bonds. The highest BCUT2D eigenvalue weighted by Gasteiger charge is 2.30. The maximum atomic E-state index is 13.8. The zero-order valence-electron chi connectivity index (χ0n) is 24.1. The molecule has 3 aromatic carbocycles. The standard InChI is InChI=1S/C34H33N5O3S/c1-37-20-27(33(41)39-13-11-38(12-14-39)19-21-2-9-30-25(16-21)10-15-42-30)26-17-23(6-8-29(26)37)24-5-7-28-31(18-24)43-34(35-28)36-32(40)22-3-4-22/h2,5-9,16-18,20,22H,3-4,10-15,19H2,1H3,(H,35,36,40). The number of nitrogens with one attached hydrogen (secondary N) is 1. The van der Waals surface area contributed by atoms with Gasteiger partial charge in [-0.25, -0.2) is 4.98 Å². The second-order valence-electron chi connectivity index (χ2n) is 12.0. The molecule has 0 spiro atoms. The van der Waals surface area contributed by atoms with Crippen molar-refractivity contribution in [1.29, 1.82) is 0 Å². The zero-order chi connectivity index (χ0) is 29.1. The lowest BCUT2D eigenvalue weighted by Gasteiger charge is -2.34. The third-order valence-corrected chi connectivity index (χ3v) is 9.87. The first kappa shape index (κ1) is 26.4. The largest absolute Gasteiger partial charge is 0.493 e. The summed E-state index contributed by atoms with van der Waals surface area (Å²) in [7, 11) is 2.00. The van der Waals surface area contributed by atoms with E-state index in [-0.39, 0.29) is 17.7 Å². The molecule has 8 nitrogen and oxygen atoms in total. The van der Waals surface area contributed by atoms with E-state index in [1.807, 2.05) is 28.8 Å². The average Bonchev–Trinajstić information content (AvgIpc) is 3.50. The molecule has 1 saturated heterocycles. The van der Waals surface area contributed by atoms with Crippen LogP contribution >= 0.6 is 11.3 Å². The van der Waals surface area contributed by atoms with Crippen LogP contribution < -0.4 is 10.1 Å². The summed E-state index contributed by atoms with van der Waals surface area (Å²) >= 11 is 1.50. The van der Waals surface area contributed by atoms with E-state index in [1.54, 1.807) is 0 Å². The van der Waals surface area contributed by atoms with Gasteiger partial charge in [-0.2, -0.15) is 0 Å². The Hall–Kier alpha value is -4.21. The summed E-state index contributed by atoms with van der Waals surface area (Å²) < 4.78 is 8.72. The van der Waals surface area contributed by atoms with Crippen LogP contribution in [0.2, 0.25) is 0 Å². The van der Waals surface area contributed by atoms with Gasteiger partial charge < -0.3 is 19.5 Å². The number of piperazine rings is 1.